The van der Waals surface area contributed by atoms with Gasteiger partial charge in [0.2, 0.25) is 0 Å². The highest BCUT2D eigenvalue weighted by Crippen LogP contribution is 2.29. The Kier molecular flexibility index (Phi) is 3.75. The normalized spacial score (nSPS) is 22.5. The van der Waals surface area contributed by atoms with Crippen LogP contribution in [0.1, 0.15) is 24.0 Å². The van der Waals surface area contributed by atoms with Gasteiger partial charge in [-0.3, -0.25) is 4.79 Å². The van der Waals surface area contributed by atoms with Crippen LogP contribution in [-0.4, -0.2) is 40.1 Å². The molecule has 19 heavy (non-hydrogen) atoms. The van der Waals surface area contributed by atoms with Crippen LogP contribution in [0.15, 0.2) is 5.38 Å². The third-order valence-electron chi connectivity index (χ3n) is 3.33. The maximum Gasteiger partial charge on any atom is 0.317 e. The Morgan fingerprint density at radius 2 is 2.37 bits per heavy atom. The van der Waals surface area contributed by atoms with Crippen molar-refractivity contribution < 1.29 is 14.7 Å². The molecule has 1 aromatic heterocycles. The fraction of sp³-hybridized carbons (Fsp3) is 0.583. The van der Waals surface area contributed by atoms with E-state index in [1.54, 1.807) is 11.8 Å². The molecule has 0 spiro atoms. The van der Waals surface area contributed by atoms with E-state index >= 15 is 0 Å². The molecule has 1 aliphatic rings. The van der Waals surface area contributed by atoms with Crippen LogP contribution < -0.4 is 5.32 Å². The van der Waals surface area contributed by atoms with Gasteiger partial charge in [-0.2, -0.15) is 0 Å². The Labute approximate surface area is 115 Å². The smallest absolute Gasteiger partial charge is 0.317 e. The molecule has 7 heteroatoms. The molecular formula is C12H17N3O3S. The second-order valence-electron chi connectivity index (χ2n) is 5.08. The summed E-state index contributed by atoms with van der Waals surface area (Å²) in [5.74, 6) is -0.849. The van der Waals surface area contributed by atoms with Crippen molar-refractivity contribution in [1.82, 2.24) is 15.2 Å². The van der Waals surface area contributed by atoms with Crippen molar-refractivity contribution in [3.8, 4) is 0 Å². The summed E-state index contributed by atoms with van der Waals surface area (Å²) in [4.78, 5) is 28.8. The van der Waals surface area contributed by atoms with Crippen LogP contribution >= 0.6 is 11.3 Å². The summed E-state index contributed by atoms with van der Waals surface area (Å²) in [6.07, 6.45) is 0.492. The minimum Gasteiger partial charge on any atom is -0.481 e. The van der Waals surface area contributed by atoms with E-state index in [2.05, 4.69) is 10.3 Å². The zero-order chi connectivity index (χ0) is 14.0. The van der Waals surface area contributed by atoms with Crippen LogP contribution in [0.4, 0.5) is 4.79 Å². The summed E-state index contributed by atoms with van der Waals surface area (Å²) < 4.78 is 0. The lowest BCUT2D eigenvalue weighted by atomic mass is 9.90. The molecule has 1 unspecified atom stereocenters. The first-order valence-electron chi connectivity index (χ1n) is 6.08. The van der Waals surface area contributed by atoms with Gasteiger partial charge in [-0.05, 0) is 20.3 Å². The van der Waals surface area contributed by atoms with Gasteiger partial charge in [0, 0.05) is 24.2 Å². The van der Waals surface area contributed by atoms with Crippen molar-refractivity contribution in [2.24, 2.45) is 5.41 Å². The highest BCUT2D eigenvalue weighted by atomic mass is 32.1. The number of hydrogen-bond donors (Lipinski definition) is 2. The summed E-state index contributed by atoms with van der Waals surface area (Å²) in [6, 6.07) is -0.224. The Hall–Kier alpha value is -1.63. The number of nitrogens with zero attached hydrogens (tertiary/aromatic N) is 2. The molecule has 2 heterocycles. The van der Waals surface area contributed by atoms with Gasteiger partial charge in [0.15, 0.2) is 0 Å². The van der Waals surface area contributed by atoms with Crippen molar-refractivity contribution in [2.75, 3.05) is 13.1 Å². The molecule has 0 aromatic carbocycles. The molecule has 6 nitrogen and oxygen atoms in total. The number of nitrogens with one attached hydrogen (secondary N) is 1. The highest BCUT2D eigenvalue weighted by Gasteiger charge is 2.42. The number of rotatable bonds is 3. The number of carbonyl (C=O) groups excluding carboxylic acids is 1. The Bertz CT molecular complexity index is 502. The van der Waals surface area contributed by atoms with Gasteiger partial charge in [-0.1, -0.05) is 0 Å². The summed E-state index contributed by atoms with van der Waals surface area (Å²) in [6.45, 7) is 4.70. The number of hydrogen-bond acceptors (Lipinski definition) is 4. The molecule has 0 saturated carbocycles. The molecule has 1 atom stereocenters. The second-order valence-corrected chi connectivity index (χ2v) is 6.02. The zero-order valence-corrected chi connectivity index (χ0v) is 11.8. The number of likely N-dealkylation sites (tertiary alicyclic amines) is 1. The molecule has 1 saturated heterocycles. The lowest BCUT2D eigenvalue weighted by Gasteiger charge is -2.20. The highest BCUT2D eigenvalue weighted by molar-refractivity contribution is 7.09. The quantitative estimate of drug-likeness (QED) is 0.879. The van der Waals surface area contributed by atoms with Gasteiger partial charge in [0.05, 0.1) is 12.0 Å². The Balaban J connectivity index is 1.86. The number of aromatic nitrogens is 1. The molecule has 2 N–H and O–H groups in total. The largest absolute Gasteiger partial charge is 0.481 e. The van der Waals surface area contributed by atoms with Crippen molar-refractivity contribution in [3.05, 3.63) is 16.1 Å². The fourth-order valence-electron chi connectivity index (χ4n) is 2.06. The maximum atomic E-state index is 11.9. The SMILES string of the molecule is Cc1csc(CNC(=O)N2CCC(C)(C(=O)O)C2)n1. The molecule has 2 amide bonds. The lowest BCUT2D eigenvalue weighted by molar-refractivity contribution is -0.146. The summed E-state index contributed by atoms with van der Waals surface area (Å²) in [5, 5.41) is 14.7. The molecule has 0 radical (unpaired) electrons. The molecular weight excluding hydrogens is 266 g/mol. The van der Waals surface area contributed by atoms with E-state index in [4.69, 9.17) is 5.11 Å². The van der Waals surface area contributed by atoms with E-state index in [0.717, 1.165) is 10.7 Å². The average Bonchev–Trinajstić information content (AvgIpc) is 2.94. The third kappa shape index (κ3) is 3.04. The van der Waals surface area contributed by atoms with Crippen LogP contribution in [0.2, 0.25) is 0 Å². The first-order valence-corrected chi connectivity index (χ1v) is 6.96. The molecule has 1 aliphatic heterocycles. The van der Waals surface area contributed by atoms with Gasteiger partial charge in [0.1, 0.15) is 5.01 Å². The number of carbonyl (C=O) groups is 2. The second kappa shape index (κ2) is 5.16. The minimum atomic E-state index is -0.849. The van der Waals surface area contributed by atoms with E-state index in [-0.39, 0.29) is 12.6 Å². The van der Waals surface area contributed by atoms with E-state index < -0.39 is 11.4 Å². The zero-order valence-electron chi connectivity index (χ0n) is 11.0. The molecule has 104 valence electrons. The van der Waals surface area contributed by atoms with Crippen LogP contribution in [0.25, 0.3) is 0 Å². The van der Waals surface area contributed by atoms with Crippen LogP contribution in [0.3, 0.4) is 0 Å². The maximum absolute atomic E-state index is 11.9. The molecule has 2 rings (SSSR count). The van der Waals surface area contributed by atoms with Gasteiger partial charge < -0.3 is 15.3 Å². The molecule has 0 aliphatic carbocycles. The van der Waals surface area contributed by atoms with Gasteiger partial charge >= 0.3 is 12.0 Å². The number of amides is 2. The average molecular weight is 283 g/mol. The topological polar surface area (TPSA) is 82.5 Å². The summed E-state index contributed by atoms with van der Waals surface area (Å²) in [5.41, 5.74) is 0.114. The number of carboxylic acids is 1. The monoisotopic (exact) mass is 283 g/mol. The predicted octanol–water partition coefficient (Wildman–Crippen LogP) is 1.46. The Morgan fingerprint density at radius 1 is 1.63 bits per heavy atom. The van der Waals surface area contributed by atoms with Crippen LogP contribution in [0.5, 0.6) is 0 Å². The summed E-state index contributed by atoms with van der Waals surface area (Å²) in [7, 11) is 0. The summed E-state index contributed by atoms with van der Waals surface area (Å²) >= 11 is 1.50. The number of thiazole rings is 1. The van der Waals surface area contributed by atoms with Gasteiger partial charge in [0.25, 0.3) is 0 Å². The first kappa shape index (κ1) is 13.8. The molecule has 1 fully saturated rings. The number of urea groups is 1. The molecule has 0 bridgehead atoms. The Morgan fingerprint density at radius 3 is 2.89 bits per heavy atom. The minimum absolute atomic E-state index is 0.224. The lowest BCUT2D eigenvalue weighted by Crippen LogP contribution is -2.40. The van der Waals surface area contributed by atoms with Crippen molar-refractivity contribution in [2.45, 2.75) is 26.8 Å². The van der Waals surface area contributed by atoms with Gasteiger partial charge in [-0.15, -0.1) is 11.3 Å². The number of aliphatic carboxylic acids is 1. The van der Waals surface area contributed by atoms with Crippen molar-refractivity contribution in [1.29, 1.82) is 0 Å². The van der Waals surface area contributed by atoms with Gasteiger partial charge in [-0.25, -0.2) is 9.78 Å². The van der Waals surface area contributed by atoms with E-state index in [1.165, 1.54) is 11.3 Å². The van der Waals surface area contributed by atoms with E-state index in [0.29, 0.717) is 19.5 Å². The van der Waals surface area contributed by atoms with Crippen molar-refractivity contribution in [3.63, 3.8) is 0 Å². The number of carboxylic acid groups (broad SMARTS) is 1. The standard InChI is InChI=1S/C12H17N3O3S/c1-8-6-19-9(14-8)5-13-11(18)15-4-3-12(2,7-15)10(16)17/h6H,3-5,7H2,1-2H3,(H,13,18)(H,16,17). The van der Waals surface area contributed by atoms with E-state index in [1.807, 2.05) is 12.3 Å². The fourth-order valence-corrected chi connectivity index (χ4v) is 2.77. The van der Waals surface area contributed by atoms with Crippen molar-refractivity contribution >= 4 is 23.3 Å². The van der Waals surface area contributed by atoms with Crippen LogP contribution in [0, 0.1) is 12.3 Å². The molecule has 1 aromatic rings. The van der Waals surface area contributed by atoms with Crippen LogP contribution in [-0.2, 0) is 11.3 Å². The number of aryl methyl sites for hydroxylation is 1. The predicted molar refractivity (Wildman–Crippen MR) is 71.0 cm³/mol. The van der Waals surface area contributed by atoms with E-state index in [9.17, 15) is 9.59 Å². The first-order chi connectivity index (χ1) is 8.90. The third-order valence-corrected chi connectivity index (χ3v) is 4.30.